The molecule has 0 saturated heterocycles. The third-order valence-electron chi connectivity index (χ3n) is 3.28. The molecule has 0 heterocycles. The summed E-state index contributed by atoms with van der Waals surface area (Å²) in [5.74, 6) is 1.19. The van der Waals surface area contributed by atoms with E-state index >= 15 is 0 Å². The number of hydrogen-bond donors (Lipinski definition) is 3. The zero-order valence-corrected chi connectivity index (χ0v) is 11.8. The zero-order chi connectivity index (χ0) is 14.4. The van der Waals surface area contributed by atoms with Crippen LogP contribution in [0.25, 0.3) is 0 Å². The number of guanidine groups is 1. The van der Waals surface area contributed by atoms with Crippen molar-refractivity contribution in [2.45, 2.75) is 25.9 Å². The van der Waals surface area contributed by atoms with Crippen LogP contribution in [-0.2, 0) is 0 Å². The second-order valence-corrected chi connectivity index (χ2v) is 5.11. The van der Waals surface area contributed by atoms with Crippen molar-refractivity contribution in [2.75, 3.05) is 19.6 Å². The molecule has 1 unspecified atom stereocenters. The minimum atomic E-state index is -0.716. The van der Waals surface area contributed by atoms with Crippen LogP contribution in [0.1, 0.15) is 31.4 Å². The van der Waals surface area contributed by atoms with Gasteiger partial charge in [0.15, 0.2) is 5.96 Å². The van der Waals surface area contributed by atoms with Crippen LogP contribution in [0.4, 0.5) is 4.39 Å². The standard InChI is InChI=1S/C15H22FN3O/c1-2-17-15(18-9-11-3-4-11)19-10-14(20)12-5-7-13(16)8-6-12/h5-8,11,14,20H,2-4,9-10H2,1H3,(H2,17,18,19). The molecule has 110 valence electrons. The molecular weight excluding hydrogens is 257 g/mol. The first-order valence-electron chi connectivity index (χ1n) is 7.14. The fourth-order valence-electron chi connectivity index (χ4n) is 1.87. The Hall–Kier alpha value is -1.62. The number of aliphatic hydroxyl groups excluding tert-OH is 1. The Morgan fingerprint density at radius 1 is 1.35 bits per heavy atom. The average molecular weight is 279 g/mol. The Balaban J connectivity index is 1.87. The second kappa shape index (κ2) is 7.24. The maximum atomic E-state index is 12.8. The van der Waals surface area contributed by atoms with Crippen molar-refractivity contribution in [1.82, 2.24) is 10.6 Å². The summed E-state index contributed by atoms with van der Waals surface area (Å²) in [6.45, 7) is 3.97. The number of aliphatic hydroxyl groups is 1. The van der Waals surface area contributed by atoms with E-state index in [-0.39, 0.29) is 12.4 Å². The first-order chi connectivity index (χ1) is 9.69. The number of hydrogen-bond acceptors (Lipinski definition) is 2. The highest BCUT2D eigenvalue weighted by Crippen LogP contribution is 2.27. The number of nitrogens with one attached hydrogen (secondary N) is 2. The first kappa shape index (κ1) is 14.8. The number of benzene rings is 1. The summed E-state index contributed by atoms with van der Waals surface area (Å²) in [4.78, 5) is 4.36. The van der Waals surface area contributed by atoms with E-state index in [0.717, 1.165) is 25.0 Å². The molecule has 1 atom stereocenters. The van der Waals surface area contributed by atoms with Crippen molar-refractivity contribution in [1.29, 1.82) is 0 Å². The number of aliphatic imine (C=N–C) groups is 1. The van der Waals surface area contributed by atoms with Gasteiger partial charge < -0.3 is 15.7 Å². The lowest BCUT2D eigenvalue weighted by molar-refractivity contribution is 0.187. The summed E-state index contributed by atoms with van der Waals surface area (Å²) >= 11 is 0. The summed E-state index contributed by atoms with van der Waals surface area (Å²) in [6.07, 6.45) is 1.85. The average Bonchev–Trinajstić information content (AvgIpc) is 3.26. The van der Waals surface area contributed by atoms with Gasteiger partial charge in [0.2, 0.25) is 0 Å². The summed E-state index contributed by atoms with van der Waals surface area (Å²) < 4.78 is 12.8. The Morgan fingerprint density at radius 3 is 2.65 bits per heavy atom. The molecule has 4 nitrogen and oxygen atoms in total. The normalized spacial score (nSPS) is 16.9. The van der Waals surface area contributed by atoms with Crippen molar-refractivity contribution < 1.29 is 9.50 Å². The molecule has 3 N–H and O–H groups in total. The molecule has 1 aromatic carbocycles. The molecule has 0 radical (unpaired) electrons. The predicted octanol–water partition coefficient (Wildman–Crippen LogP) is 1.82. The molecule has 0 aromatic heterocycles. The number of halogens is 1. The SMILES string of the molecule is CCNC(=NCC(O)c1ccc(F)cc1)NCC1CC1. The topological polar surface area (TPSA) is 56.7 Å². The summed E-state index contributed by atoms with van der Waals surface area (Å²) in [5.41, 5.74) is 0.674. The molecule has 1 fully saturated rings. The van der Waals surface area contributed by atoms with E-state index in [1.165, 1.54) is 25.0 Å². The second-order valence-electron chi connectivity index (χ2n) is 5.11. The van der Waals surface area contributed by atoms with Gasteiger partial charge in [-0.1, -0.05) is 12.1 Å². The monoisotopic (exact) mass is 279 g/mol. The predicted molar refractivity (Wildman–Crippen MR) is 78.1 cm³/mol. The van der Waals surface area contributed by atoms with Gasteiger partial charge in [-0.25, -0.2) is 4.39 Å². The van der Waals surface area contributed by atoms with E-state index in [1.807, 2.05) is 6.92 Å². The Bertz CT molecular complexity index is 443. The number of nitrogens with zero attached hydrogens (tertiary/aromatic N) is 1. The van der Waals surface area contributed by atoms with Crippen molar-refractivity contribution in [3.8, 4) is 0 Å². The van der Waals surface area contributed by atoms with Gasteiger partial charge in [0.1, 0.15) is 5.82 Å². The maximum Gasteiger partial charge on any atom is 0.191 e. The van der Waals surface area contributed by atoms with Crippen LogP contribution in [0.2, 0.25) is 0 Å². The highest BCUT2D eigenvalue weighted by atomic mass is 19.1. The van der Waals surface area contributed by atoms with Crippen LogP contribution in [-0.4, -0.2) is 30.7 Å². The van der Waals surface area contributed by atoms with Crippen molar-refractivity contribution in [3.63, 3.8) is 0 Å². The van der Waals surface area contributed by atoms with Gasteiger partial charge in [0, 0.05) is 13.1 Å². The Labute approximate surface area is 119 Å². The minimum absolute atomic E-state index is 0.256. The number of rotatable bonds is 6. The van der Waals surface area contributed by atoms with E-state index in [1.54, 1.807) is 12.1 Å². The van der Waals surface area contributed by atoms with Gasteiger partial charge >= 0.3 is 0 Å². The Kier molecular flexibility index (Phi) is 5.35. The van der Waals surface area contributed by atoms with Gasteiger partial charge in [-0.05, 0) is 43.4 Å². The third-order valence-corrected chi connectivity index (χ3v) is 3.28. The fourth-order valence-corrected chi connectivity index (χ4v) is 1.87. The summed E-state index contributed by atoms with van der Waals surface area (Å²) in [7, 11) is 0. The fraction of sp³-hybridized carbons (Fsp3) is 0.533. The molecule has 1 aliphatic carbocycles. The molecule has 5 heteroatoms. The van der Waals surface area contributed by atoms with E-state index in [0.29, 0.717) is 5.56 Å². The van der Waals surface area contributed by atoms with Crippen LogP contribution in [0.5, 0.6) is 0 Å². The Morgan fingerprint density at radius 2 is 2.05 bits per heavy atom. The van der Waals surface area contributed by atoms with Crippen molar-refractivity contribution >= 4 is 5.96 Å². The van der Waals surface area contributed by atoms with Crippen LogP contribution in [0, 0.1) is 11.7 Å². The molecular formula is C15H22FN3O. The van der Waals surface area contributed by atoms with Crippen molar-refractivity contribution in [3.05, 3.63) is 35.6 Å². The quantitative estimate of drug-likeness (QED) is 0.550. The molecule has 1 aliphatic rings. The molecule has 1 saturated carbocycles. The highest BCUT2D eigenvalue weighted by Gasteiger charge is 2.21. The molecule has 1 aromatic rings. The maximum absolute atomic E-state index is 12.8. The van der Waals surface area contributed by atoms with Gasteiger partial charge in [-0.15, -0.1) is 0 Å². The third kappa shape index (κ3) is 4.81. The lowest BCUT2D eigenvalue weighted by Crippen LogP contribution is -2.38. The molecule has 0 amide bonds. The lowest BCUT2D eigenvalue weighted by Gasteiger charge is -2.13. The lowest BCUT2D eigenvalue weighted by atomic mass is 10.1. The van der Waals surface area contributed by atoms with Crippen LogP contribution in [0.3, 0.4) is 0 Å². The van der Waals surface area contributed by atoms with Gasteiger partial charge in [-0.2, -0.15) is 0 Å². The van der Waals surface area contributed by atoms with Crippen molar-refractivity contribution in [2.24, 2.45) is 10.9 Å². The van der Waals surface area contributed by atoms with E-state index < -0.39 is 6.10 Å². The van der Waals surface area contributed by atoms with Gasteiger partial charge in [-0.3, -0.25) is 4.99 Å². The summed E-state index contributed by atoms with van der Waals surface area (Å²) in [6, 6.07) is 5.86. The van der Waals surface area contributed by atoms with E-state index in [4.69, 9.17) is 0 Å². The van der Waals surface area contributed by atoms with Crippen LogP contribution < -0.4 is 10.6 Å². The van der Waals surface area contributed by atoms with Gasteiger partial charge in [0.25, 0.3) is 0 Å². The van der Waals surface area contributed by atoms with E-state index in [9.17, 15) is 9.50 Å². The smallest absolute Gasteiger partial charge is 0.191 e. The minimum Gasteiger partial charge on any atom is -0.386 e. The molecule has 0 bridgehead atoms. The van der Waals surface area contributed by atoms with Gasteiger partial charge in [0.05, 0.1) is 12.6 Å². The molecule has 20 heavy (non-hydrogen) atoms. The molecule has 2 rings (SSSR count). The summed E-state index contributed by atoms with van der Waals surface area (Å²) in [5, 5.41) is 16.4. The first-order valence-corrected chi connectivity index (χ1v) is 7.14. The highest BCUT2D eigenvalue weighted by molar-refractivity contribution is 5.79. The zero-order valence-electron chi connectivity index (χ0n) is 11.8. The van der Waals surface area contributed by atoms with Crippen LogP contribution >= 0.6 is 0 Å². The molecule has 0 aliphatic heterocycles. The molecule has 0 spiro atoms. The van der Waals surface area contributed by atoms with Crippen LogP contribution in [0.15, 0.2) is 29.3 Å². The largest absolute Gasteiger partial charge is 0.386 e. The van der Waals surface area contributed by atoms with E-state index in [2.05, 4.69) is 15.6 Å².